The molecule has 1 aliphatic rings. The van der Waals surface area contributed by atoms with Crippen molar-refractivity contribution in [2.24, 2.45) is 0 Å². The van der Waals surface area contributed by atoms with Crippen LogP contribution in [0.4, 0.5) is 5.82 Å². The van der Waals surface area contributed by atoms with Crippen LogP contribution in [0.25, 0.3) is 10.9 Å². The van der Waals surface area contributed by atoms with E-state index in [9.17, 15) is 9.59 Å². The molecule has 0 spiro atoms. The largest absolute Gasteiger partial charge is 0.310 e. The van der Waals surface area contributed by atoms with Crippen molar-refractivity contribution >= 4 is 22.6 Å². The van der Waals surface area contributed by atoms with E-state index < -0.39 is 0 Å². The number of nitrogens with zero attached hydrogens (tertiary/aromatic N) is 4. The zero-order valence-electron chi connectivity index (χ0n) is 15.3. The first-order chi connectivity index (χ1) is 13.0. The van der Waals surface area contributed by atoms with E-state index in [4.69, 9.17) is 0 Å². The van der Waals surface area contributed by atoms with Crippen molar-refractivity contribution in [3.63, 3.8) is 0 Å². The molecule has 4 rings (SSSR count). The van der Waals surface area contributed by atoms with Crippen LogP contribution in [0.3, 0.4) is 0 Å². The SMILES string of the molecule is CC(C)n1nc(CC(=O)Nc2ccncn2)c(=O)c2ccc(C3CC3)cc21. The number of carbonyl (C=O) groups excluding carboxylic acids is 1. The molecule has 1 N–H and O–H groups in total. The number of rotatable bonds is 5. The van der Waals surface area contributed by atoms with Gasteiger partial charge in [-0.25, -0.2) is 9.97 Å². The number of benzene rings is 1. The van der Waals surface area contributed by atoms with E-state index in [0.29, 0.717) is 17.1 Å². The van der Waals surface area contributed by atoms with E-state index in [1.54, 1.807) is 12.3 Å². The summed E-state index contributed by atoms with van der Waals surface area (Å²) < 4.78 is 1.84. The molecule has 138 valence electrons. The van der Waals surface area contributed by atoms with Crippen molar-refractivity contribution in [2.75, 3.05) is 5.32 Å². The van der Waals surface area contributed by atoms with Crippen LogP contribution in [0.5, 0.6) is 0 Å². The zero-order valence-corrected chi connectivity index (χ0v) is 15.3. The standard InChI is InChI=1S/C20H21N5O2/c1-12(2)25-17-9-14(13-3-4-13)5-6-15(17)20(27)16(24-25)10-19(26)23-18-7-8-21-11-22-18/h5-9,11-13H,3-4,10H2,1-2H3,(H,21,22,23,26). The van der Waals surface area contributed by atoms with Crippen molar-refractivity contribution in [1.82, 2.24) is 19.7 Å². The molecule has 0 unspecified atom stereocenters. The smallest absolute Gasteiger partial charge is 0.231 e. The Balaban J connectivity index is 1.70. The summed E-state index contributed by atoms with van der Waals surface area (Å²) in [5, 5.41) is 7.79. The van der Waals surface area contributed by atoms with Gasteiger partial charge in [0.05, 0.1) is 11.9 Å². The number of hydrogen-bond donors (Lipinski definition) is 1. The third-order valence-electron chi connectivity index (χ3n) is 4.72. The molecule has 1 aromatic carbocycles. The van der Waals surface area contributed by atoms with E-state index in [-0.39, 0.29) is 29.5 Å². The Labute approximate surface area is 156 Å². The van der Waals surface area contributed by atoms with Gasteiger partial charge in [-0.05, 0) is 56.4 Å². The highest BCUT2D eigenvalue weighted by Gasteiger charge is 2.25. The van der Waals surface area contributed by atoms with Gasteiger partial charge < -0.3 is 5.32 Å². The van der Waals surface area contributed by atoms with Crippen LogP contribution >= 0.6 is 0 Å². The molecule has 0 saturated heterocycles. The minimum atomic E-state index is -0.331. The highest BCUT2D eigenvalue weighted by Crippen LogP contribution is 2.40. The van der Waals surface area contributed by atoms with Gasteiger partial charge in [0.25, 0.3) is 0 Å². The van der Waals surface area contributed by atoms with Crippen LogP contribution in [0.2, 0.25) is 0 Å². The fraction of sp³-hybridized carbons (Fsp3) is 0.350. The number of anilines is 1. The van der Waals surface area contributed by atoms with Gasteiger partial charge in [-0.3, -0.25) is 14.3 Å². The van der Waals surface area contributed by atoms with Gasteiger partial charge in [0.2, 0.25) is 11.3 Å². The number of carbonyl (C=O) groups is 1. The molecule has 3 aromatic rings. The maximum Gasteiger partial charge on any atom is 0.231 e. The summed E-state index contributed by atoms with van der Waals surface area (Å²) >= 11 is 0. The lowest BCUT2D eigenvalue weighted by molar-refractivity contribution is -0.115. The first-order valence-electron chi connectivity index (χ1n) is 9.14. The minimum Gasteiger partial charge on any atom is -0.310 e. The van der Waals surface area contributed by atoms with Crippen molar-refractivity contribution in [1.29, 1.82) is 0 Å². The van der Waals surface area contributed by atoms with Gasteiger partial charge in [0.1, 0.15) is 17.8 Å². The van der Waals surface area contributed by atoms with Crippen LogP contribution in [0.15, 0.2) is 41.6 Å². The molecule has 0 bridgehead atoms. The molecule has 0 radical (unpaired) electrons. The second-order valence-corrected chi connectivity index (χ2v) is 7.18. The number of aromatic nitrogens is 4. The Hall–Kier alpha value is -3.09. The van der Waals surface area contributed by atoms with Crippen LogP contribution in [0.1, 0.15) is 49.9 Å². The van der Waals surface area contributed by atoms with Crippen LogP contribution in [0, 0.1) is 0 Å². The summed E-state index contributed by atoms with van der Waals surface area (Å²) in [7, 11) is 0. The average molecular weight is 363 g/mol. The molecule has 0 aliphatic heterocycles. The van der Waals surface area contributed by atoms with E-state index in [1.165, 1.54) is 24.7 Å². The molecule has 27 heavy (non-hydrogen) atoms. The predicted octanol–water partition coefficient (Wildman–Crippen LogP) is 2.83. The number of fused-ring (bicyclic) bond motifs is 1. The fourth-order valence-electron chi connectivity index (χ4n) is 3.20. The van der Waals surface area contributed by atoms with Crippen LogP contribution in [-0.2, 0) is 11.2 Å². The third kappa shape index (κ3) is 3.58. The van der Waals surface area contributed by atoms with Crippen molar-refractivity contribution < 1.29 is 4.79 Å². The lowest BCUT2D eigenvalue weighted by Gasteiger charge is -2.16. The lowest BCUT2D eigenvalue weighted by atomic mass is 10.1. The molecule has 7 heteroatoms. The first-order valence-corrected chi connectivity index (χ1v) is 9.14. The Morgan fingerprint density at radius 3 is 2.78 bits per heavy atom. The number of nitrogens with one attached hydrogen (secondary N) is 1. The van der Waals surface area contributed by atoms with Crippen molar-refractivity contribution in [3.8, 4) is 0 Å². The quantitative estimate of drug-likeness (QED) is 0.753. The normalized spacial score (nSPS) is 13.9. The second kappa shape index (κ2) is 6.90. The monoisotopic (exact) mass is 363 g/mol. The average Bonchev–Trinajstić information content (AvgIpc) is 3.49. The molecule has 0 atom stereocenters. The second-order valence-electron chi connectivity index (χ2n) is 7.18. The maximum atomic E-state index is 12.9. The third-order valence-corrected chi connectivity index (χ3v) is 4.72. The molecule has 1 fully saturated rings. The number of amides is 1. The molecule has 1 amide bonds. The Kier molecular flexibility index (Phi) is 4.43. The highest BCUT2D eigenvalue weighted by molar-refractivity contribution is 5.91. The Morgan fingerprint density at radius 1 is 1.30 bits per heavy atom. The van der Waals surface area contributed by atoms with E-state index in [0.717, 1.165) is 5.52 Å². The van der Waals surface area contributed by atoms with Gasteiger partial charge in [-0.1, -0.05) is 6.07 Å². The summed E-state index contributed by atoms with van der Waals surface area (Å²) in [5.41, 5.74) is 2.13. The summed E-state index contributed by atoms with van der Waals surface area (Å²) in [6.07, 6.45) is 5.20. The molecular weight excluding hydrogens is 342 g/mol. The van der Waals surface area contributed by atoms with Gasteiger partial charge in [-0.2, -0.15) is 5.10 Å². The summed E-state index contributed by atoms with van der Waals surface area (Å²) in [5.74, 6) is 0.667. The van der Waals surface area contributed by atoms with Gasteiger partial charge in [0.15, 0.2) is 0 Å². The molecule has 2 heterocycles. The zero-order chi connectivity index (χ0) is 19.0. The predicted molar refractivity (Wildman–Crippen MR) is 103 cm³/mol. The molecule has 7 nitrogen and oxygen atoms in total. The lowest BCUT2D eigenvalue weighted by Crippen LogP contribution is -2.25. The van der Waals surface area contributed by atoms with Crippen LogP contribution < -0.4 is 10.7 Å². The van der Waals surface area contributed by atoms with E-state index in [1.807, 2.05) is 30.7 Å². The Morgan fingerprint density at radius 2 is 2.11 bits per heavy atom. The summed E-state index contributed by atoms with van der Waals surface area (Å²) in [4.78, 5) is 33.0. The highest BCUT2D eigenvalue weighted by atomic mass is 16.2. The molecule has 1 aliphatic carbocycles. The van der Waals surface area contributed by atoms with Gasteiger partial charge in [0, 0.05) is 17.6 Å². The van der Waals surface area contributed by atoms with Crippen molar-refractivity contribution in [2.45, 2.75) is 45.1 Å². The summed E-state index contributed by atoms with van der Waals surface area (Å²) in [6.45, 7) is 4.04. The van der Waals surface area contributed by atoms with E-state index in [2.05, 4.69) is 26.4 Å². The van der Waals surface area contributed by atoms with Gasteiger partial charge >= 0.3 is 0 Å². The molecule has 1 saturated carbocycles. The number of hydrogen-bond acceptors (Lipinski definition) is 5. The minimum absolute atomic E-state index is 0.0752. The van der Waals surface area contributed by atoms with Crippen molar-refractivity contribution in [3.05, 3.63) is 58.3 Å². The fourth-order valence-corrected chi connectivity index (χ4v) is 3.20. The maximum absolute atomic E-state index is 12.9. The first kappa shape index (κ1) is 17.3. The topological polar surface area (TPSA) is 89.8 Å². The van der Waals surface area contributed by atoms with Gasteiger partial charge in [-0.15, -0.1) is 0 Å². The van der Waals surface area contributed by atoms with E-state index >= 15 is 0 Å². The molecular formula is C20H21N5O2. The van der Waals surface area contributed by atoms with Crippen LogP contribution in [-0.4, -0.2) is 25.7 Å². The Bertz CT molecular complexity index is 1060. The summed E-state index contributed by atoms with van der Waals surface area (Å²) in [6, 6.07) is 7.64. The molecule has 2 aromatic heterocycles.